The molecule has 3 aromatic heterocycles. The largest absolute Gasteiger partial charge is 0.710 e. The molecule has 0 spiro atoms. The van der Waals surface area contributed by atoms with Crippen molar-refractivity contribution in [1.82, 2.24) is 24.4 Å². The van der Waals surface area contributed by atoms with Crippen molar-refractivity contribution in [3.8, 4) is 22.7 Å². The van der Waals surface area contributed by atoms with Gasteiger partial charge in [-0.3, -0.25) is 0 Å². The topological polar surface area (TPSA) is 141 Å². The summed E-state index contributed by atoms with van der Waals surface area (Å²) in [6, 6.07) is 3.89. The van der Waals surface area contributed by atoms with Crippen LogP contribution in [0, 0.1) is 30.7 Å². The fraction of sp³-hybridized carbons (Fsp3) is 0.379. The molecule has 1 fully saturated rings. The van der Waals surface area contributed by atoms with Crippen molar-refractivity contribution >= 4 is 22.9 Å². The van der Waals surface area contributed by atoms with Crippen LogP contribution in [0.4, 0.5) is 19.4 Å². The van der Waals surface area contributed by atoms with E-state index in [2.05, 4.69) is 15.0 Å². The predicted molar refractivity (Wildman–Crippen MR) is 153 cm³/mol. The second kappa shape index (κ2) is 10.7. The van der Waals surface area contributed by atoms with Crippen LogP contribution in [0.2, 0.25) is 0 Å². The molecular formula is C29H31F2N7O5. The first-order valence-corrected chi connectivity index (χ1v) is 13.6. The van der Waals surface area contributed by atoms with Crippen LogP contribution < -0.4 is 15.3 Å². The lowest BCUT2D eigenvalue weighted by atomic mass is 10.1. The van der Waals surface area contributed by atoms with Crippen LogP contribution in [0.25, 0.3) is 28.0 Å². The number of aromatic hydroxyl groups is 1. The number of nitrogens with zero attached hydrogens (tertiary/aromatic N) is 7. The van der Waals surface area contributed by atoms with Gasteiger partial charge in [0.15, 0.2) is 23.0 Å². The molecule has 0 radical (unpaired) electrons. The fourth-order valence-corrected chi connectivity index (χ4v) is 5.30. The number of hydrogen-bond donors (Lipinski definition) is 1. The van der Waals surface area contributed by atoms with Gasteiger partial charge < -0.3 is 24.9 Å². The molecule has 1 atom stereocenters. The van der Waals surface area contributed by atoms with Crippen LogP contribution in [0.3, 0.4) is 0 Å². The van der Waals surface area contributed by atoms with Gasteiger partial charge in [-0.1, -0.05) is 6.07 Å². The number of carbonyl (C=O) groups excluding carboxylic acids is 1. The van der Waals surface area contributed by atoms with E-state index in [-0.39, 0.29) is 46.9 Å². The molecule has 43 heavy (non-hydrogen) atoms. The summed E-state index contributed by atoms with van der Waals surface area (Å²) in [5.41, 5.74) is -2.59. The summed E-state index contributed by atoms with van der Waals surface area (Å²) in [5, 5.41) is 24.5. The SMILES string of the molecule is Cc1ncnc(C)c1-n1c(=O)nc(N2CCN(C(=O)OC(C)(C)C)C[C@@H]2C)c2cc(F)c(-c3c(O)cccc3F)[n+]([O-])c21. The minimum atomic E-state index is -1.14. The second-order valence-electron chi connectivity index (χ2n) is 11.4. The standard InChI is InChI=1S/C29H31F2N7O5/c1-15-13-35(28(41)43-29(4,5)6)10-11-36(15)25-18-12-20(31)24(22-19(30)8-7-9-21(22)39)38(42)26(18)37(27(40)34-25)23-16(2)32-14-33-17(23)3/h7-9,12,14-15,39H,10-11,13H2,1-6H3/t15-/m0/s1. The van der Waals surface area contributed by atoms with Crippen molar-refractivity contribution in [2.45, 2.75) is 53.2 Å². The number of piperazine rings is 1. The van der Waals surface area contributed by atoms with E-state index in [1.807, 2.05) is 0 Å². The second-order valence-corrected chi connectivity index (χ2v) is 11.4. The van der Waals surface area contributed by atoms with Crippen LogP contribution in [0.1, 0.15) is 39.1 Å². The van der Waals surface area contributed by atoms with E-state index < -0.39 is 52.1 Å². The Morgan fingerprint density at radius 2 is 1.81 bits per heavy atom. The molecule has 0 saturated carbocycles. The first-order valence-electron chi connectivity index (χ1n) is 13.6. The highest BCUT2D eigenvalue weighted by Gasteiger charge is 2.35. The van der Waals surface area contributed by atoms with Crippen LogP contribution in [0.15, 0.2) is 35.4 Å². The fourth-order valence-electron chi connectivity index (χ4n) is 5.30. The number of aryl methyl sites for hydroxylation is 2. The van der Waals surface area contributed by atoms with Gasteiger partial charge in [-0.2, -0.15) is 4.98 Å². The van der Waals surface area contributed by atoms with Gasteiger partial charge in [0.2, 0.25) is 0 Å². The Hall–Kier alpha value is -4.88. The Morgan fingerprint density at radius 3 is 2.42 bits per heavy atom. The van der Waals surface area contributed by atoms with Crippen LogP contribution in [-0.2, 0) is 4.74 Å². The summed E-state index contributed by atoms with van der Waals surface area (Å²) >= 11 is 0. The normalized spacial score (nSPS) is 15.7. The zero-order chi connectivity index (χ0) is 31.4. The number of pyridine rings is 1. The van der Waals surface area contributed by atoms with Crippen LogP contribution >= 0.6 is 0 Å². The summed E-state index contributed by atoms with van der Waals surface area (Å²) in [6.07, 6.45) is 0.794. The number of amides is 1. The molecule has 4 aromatic rings. The number of ether oxygens (including phenoxy) is 1. The molecule has 0 unspecified atom stereocenters. The summed E-state index contributed by atoms with van der Waals surface area (Å²) in [5.74, 6) is -2.83. The molecular weight excluding hydrogens is 564 g/mol. The van der Waals surface area contributed by atoms with Crippen molar-refractivity contribution in [3.63, 3.8) is 0 Å². The summed E-state index contributed by atoms with van der Waals surface area (Å²) < 4.78 is 37.3. The molecule has 1 aliphatic rings. The number of benzene rings is 1. The molecule has 4 heterocycles. The maximum absolute atomic E-state index is 15.9. The third-order valence-electron chi connectivity index (χ3n) is 7.17. The lowest BCUT2D eigenvalue weighted by Gasteiger charge is -2.40. The zero-order valence-corrected chi connectivity index (χ0v) is 24.6. The summed E-state index contributed by atoms with van der Waals surface area (Å²) in [6.45, 7) is 10.9. The summed E-state index contributed by atoms with van der Waals surface area (Å²) in [4.78, 5) is 42.3. The number of phenols is 1. The van der Waals surface area contributed by atoms with Gasteiger partial charge in [0.05, 0.1) is 11.4 Å². The van der Waals surface area contributed by atoms with Gasteiger partial charge in [-0.15, -0.1) is 4.57 Å². The minimum absolute atomic E-state index is 0.00699. The number of fused-ring (bicyclic) bond motifs is 1. The molecule has 1 saturated heterocycles. The number of aromatic nitrogens is 5. The highest BCUT2D eigenvalue weighted by atomic mass is 19.1. The van der Waals surface area contributed by atoms with E-state index in [1.54, 1.807) is 46.4 Å². The number of halogens is 2. The summed E-state index contributed by atoms with van der Waals surface area (Å²) in [7, 11) is 0. The van der Waals surface area contributed by atoms with Gasteiger partial charge in [0.25, 0.3) is 0 Å². The third kappa shape index (κ3) is 5.28. The van der Waals surface area contributed by atoms with Crippen molar-refractivity contribution in [2.75, 3.05) is 24.5 Å². The maximum Gasteiger partial charge on any atom is 0.442 e. The lowest BCUT2D eigenvalue weighted by molar-refractivity contribution is -0.569. The monoisotopic (exact) mass is 595 g/mol. The number of phenolic OH excluding ortho intramolecular Hbond substituents is 1. The van der Waals surface area contributed by atoms with E-state index in [0.29, 0.717) is 11.4 Å². The van der Waals surface area contributed by atoms with E-state index in [4.69, 9.17) is 4.74 Å². The molecule has 0 bridgehead atoms. The van der Waals surface area contributed by atoms with E-state index in [0.717, 1.165) is 22.8 Å². The number of carbonyl (C=O) groups is 1. The molecule has 12 nitrogen and oxygen atoms in total. The Kier molecular flexibility index (Phi) is 7.40. The van der Waals surface area contributed by atoms with Gasteiger partial charge in [0.1, 0.15) is 34.4 Å². The Balaban J connectivity index is 1.76. The van der Waals surface area contributed by atoms with Crippen molar-refractivity contribution in [1.29, 1.82) is 0 Å². The van der Waals surface area contributed by atoms with Gasteiger partial charge in [-0.25, -0.2) is 33.1 Å². The van der Waals surface area contributed by atoms with E-state index in [9.17, 15) is 24.3 Å². The van der Waals surface area contributed by atoms with Crippen molar-refractivity contribution < 1.29 is 28.1 Å². The molecule has 226 valence electrons. The molecule has 1 N–H and O–H groups in total. The average Bonchev–Trinajstić information content (AvgIpc) is 2.90. The number of anilines is 1. The van der Waals surface area contributed by atoms with Gasteiger partial charge >= 0.3 is 17.4 Å². The smallest absolute Gasteiger partial charge is 0.442 e. The Bertz CT molecular complexity index is 1780. The van der Waals surface area contributed by atoms with Crippen molar-refractivity contribution in [2.24, 2.45) is 0 Å². The average molecular weight is 596 g/mol. The Morgan fingerprint density at radius 1 is 1.14 bits per heavy atom. The quantitative estimate of drug-likeness (QED) is 0.278. The molecule has 14 heteroatoms. The molecule has 1 amide bonds. The highest BCUT2D eigenvalue weighted by Crippen LogP contribution is 2.35. The van der Waals surface area contributed by atoms with Gasteiger partial charge in [-0.05, 0) is 59.7 Å². The highest BCUT2D eigenvalue weighted by molar-refractivity contribution is 5.88. The van der Waals surface area contributed by atoms with Crippen LogP contribution in [-0.4, -0.2) is 66.9 Å². The zero-order valence-electron chi connectivity index (χ0n) is 24.6. The third-order valence-corrected chi connectivity index (χ3v) is 7.17. The molecule has 1 aromatic carbocycles. The van der Waals surface area contributed by atoms with Gasteiger partial charge in [0, 0.05) is 25.7 Å². The number of rotatable bonds is 3. The van der Waals surface area contributed by atoms with Crippen LogP contribution in [0.5, 0.6) is 5.75 Å². The van der Waals surface area contributed by atoms with E-state index in [1.165, 1.54) is 17.3 Å². The molecule has 1 aliphatic heterocycles. The molecule has 0 aliphatic carbocycles. The lowest BCUT2D eigenvalue weighted by Crippen LogP contribution is -2.55. The Labute approximate surface area is 245 Å². The first-order chi connectivity index (χ1) is 20.2. The maximum atomic E-state index is 15.9. The minimum Gasteiger partial charge on any atom is -0.710 e. The first kappa shape index (κ1) is 29.6. The molecule has 5 rings (SSSR count). The van der Waals surface area contributed by atoms with Crippen molar-refractivity contribution in [3.05, 3.63) is 69.3 Å². The van der Waals surface area contributed by atoms with E-state index >= 15 is 4.39 Å². The number of hydrogen-bond acceptors (Lipinski definition) is 9. The predicted octanol–water partition coefficient (Wildman–Crippen LogP) is 3.52.